The van der Waals surface area contributed by atoms with E-state index in [0.29, 0.717) is 5.92 Å². The molecule has 1 atom stereocenters. The van der Waals surface area contributed by atoms with E-state index < -0.39 is 16.4 Å². The largest absolute Gasteiger partial charge is 0.418 e. The second kappa shape index (κ2) is 11.9. The van der Waals surface area contributed by atoms with Crippen LogP contribution in [0.4, 0.5) is 0 Å². The molecule has 0 saturated carbocycles. The van der Waals surface area contributed by atoms with Gasteiger partial charge in [-0.2, -0.15) is 0 Å². The lowest BCUT2D eigenvalue weighted by molar-refractivity contribution is 0.275. The van der Waals surface area contributed by atoms with Crippen LogP contribution in [0.15, 0.2) is 0 Å². The summed E-state index contributed by atoms with van der Waals surface area (Å²) >= 11 is 0. The minimum absolute atomic E-state index is 0.631. The molecule has 1 unspecified atom stereocenters. The molecule has 0 rings (SSSR count). The normalized spacial score (nSPS) is 13.7. The highest BCUT2D eigenvalue weighted by Crippen LogP contribution is 2.06. The molecule has 20 heavy (non-hydrogen) atoms. The average Bonchev–Trinajstić information content (AvgIpc) is 2.27. The van der Waals surface area contributed by atoms with Crippen molar-refractivity contribution in [2.45, 2.75) is 65.6 Å². The van der Waals surface area contributed by atoms with Crippen molar-refractivity contribution < 1.29 is 4.43 Å². The molecule has 0 amide bonds. The van der Waals surface area contributed by atoms with E-state index >= 15 is 0 Å². The first kappa shape index (κ1) is 22.6. The van der Waals surface area contributed by atoms with E-state index in [1.54, 1.807) is 0 Å². The van der Waals surface area contributed by atoms with Crippen molar-refractivity contribution in [1.29, 1.82) is 0 Å². The molecular weight excluding hydrogens is 280 g/mol. The van der Waals surface area contributed by atoms with Crippen LogP contribution in [0.3, 0.4) is 0 Å². The fourth-order valence-corrected chi connectivity index (χ4v) is 1.85. The summed E-state index contributed by atoms with van der Waals surface area (Å²) in [4.78, 5) is 0. The van der Waals surface area contributed by atoms with Crippen molar-refractivity contribution >= 4 is 16.4 Å². The molecule has 5 heteroatoms. The van der Waals surface area contributed by atoms with Crippen LogP contribution in [0.25, 0.3) is 0 Å². The van der Waals surface area contributed by atoms with Gasteiger partial charge in [0.15, 0.2) is 8.32 Å². The first-order valence-electron chi connectivity index (χ1n) is 8.06. The zero-order chi connectivity index (χ0) is 16.2. The zero-order valence-electron chi connectivity index (χ0n) is 15.3. The third-order valence-electron chi connectivity index (χ3n) is 3.02. The monoisotopic (exact) mass is 320 g/mol. The van der Waals surface area contributed by atoms with Crippen LogP contribution in [0, 0.1) is 5.92 Å². The van der Waals surface area contributed by atoms with Gasteiger partial charge in [0.25, 0.3) is 0 Å². The Bertz CT molecular complexity index is 213. The van der Waals surface area contributed by atoms with Crippen LogP contribution in [0.1, 0.15) is 20.3 Å². The molecule has 3 N–H and O–H groups in total. The van der Waals surface area contributed by atoms with Gasteiger partial charge in [0.2, 0.25) is 0 Å². The predicted octanol–water partition coefficient (Wildman–Crippen LogP) is 3.76. The third kappa shape index (κ3) is 23.4. The maximum Gasteiger partial charge on any atom is 0.183 e. The molecule has 0 spiro atoms. The van der Waals surface area contributed by atoms with Gasteiger partial charge in [0.05, 0.1) is 0 Å². The quantitative estimate of drug-likeness (QED) is 0.502. The Labute approximate surface area is 130 Å². The van der Waals surface area contributed by atoms with Gasteiger partial charge in [0, 0.05) is 27.8 Å². The second-order valence-electron chi connectivity index (χ2n) is 7.76. The van der Waals surface area contributed by atoms with E-state index in [1.165, 1.54) is 6.04 Å². The fourth-order valence-electron chi connectivity index (χ4n) is 1.12. The number of rotatable bonds is 9. The van der Waals surface area contributed by atoms with Gasteiger partial charge in [0.1, 0.15) is 0 Å². The Morgan fingerprint density at radius 2 is 1.60 bits per heavy atom. The van der Waals surface area contributed by atoms with E-state index in [0.717, 1.165) is 32.7 Å². The van der Waals surface area contributed by atoms with Crippen molar-refractivity contribution in [2.75, 3.05) is 26.2 Å². The lowest BCUT2D eigenvalue weighted by Crippen LogP contribution is -2.29. The number of nitrogens with two attached hydrogens (primary N) is 1. The summed E-state index contributed by atoms with van der Waals surface area (Å²) in [6, 6.07) is 1.41. The van der Waals surface area contributed by atoms with Crippen LogP contribution in [0.5, 0.6) is 0 Å². The zero-order valence-corrected chi connectivity index (χ0v) is 17.3. The lowest BCUT2D eigenvalue weighted by Gasteiger charge is -2.19. The van der Waals surface area contributed by atoms with E-state index in [-0.39, 0.29) is 0 Å². The molecule has 124 valence electrons. The van der Waals surface area contributed by atoms with Crippen LogP contribution in [-0.4, -0.2) is 42.6 Å². The molecule has 0 heterocycles. The molecule has 0 aromatic heterocycles. The number of hydrogen-bond donors (Lipinski definition) is 2. The Morgan fingerprint density at radius 3 is 1.95 bits per heavy atom. The Kier molecular flexibility index (Phi) is 13.5. The van der Waals surface area contributed by atoms with Crippen LogP contribution in [0.2, 0.25) is 45.3 Å². The maximum absolute atomic E-state index is 5.79. The highest BCUT2D eigenvalue weighted by Gasteiger charge is 2.14. The topological polar surface area (TPSA) is 47.3 Å². The molecule has 0 fully saturated rings. The van der Waals surface area contributed by atoms with Crippen LogP contribution < -0.4 is 11.1 Å². The summed E-state index contributed by atoms with van der Waals surface area (Å²) in [6.07, 6.45) is 1.14. The fraction of sp³-hybridized carbons (Fsp3) is 1.00. The predicted molar refractivity (Wildman–Crippen MR) is 98.8 cm³/mol. The molecule has 0 saturated heterocycles. The molecule has 0 aliphatic carbocycles. The summed E-state index contributed by atoms with van der Waals surface area (Å²) in [6.45, 7) is 21.9. The Morgan fingerprint density at radius 1 is 1.10 bits per heavy atom. The minimum atomic E-state index is -1.30. The van der Waals surface area contributed by atoms with Crippen molar-refractivity contribution in [3.8, 4) is 0 Å². The SMILES string of the molecule is CC(CCO[Si](C)(C)C)CNCCN.CC[Si](C)(C)C. The molecule has 0 radical (unpaired) electrons. The summed E-state index contributed by atoms with van der Waals surface area (Å²) < 4.78 is 5.79. The average molecular weight is 321 g/mol. The summed E-state index contributed by atoms with van der Waals surface area (Å²) in [5.74, 6) is 0.679. The first-order valence-corrected chi connectivity index (χ1v) is 15.2. The van der Waals surface area contributed by atoms with Crippen molar-refractivity contribution in [3.05, 3.63) is 0 Å². The second-order valence-corrected chi connectivity index (χ2v) is 18.1. The highest BCUT2D eigenvalue weighted by atomic mass is 28.4. The van der Waals surface area contributed by atoms with E-state index in [9.17, 15) is 0 Å². The first-order chi connectivity index (χ1) is 9.02. The van der Waals surface area contributed by atoms with Crippen LogP contribution in [-0.2, 0) is 4.43 Å². The van der Waals surface area contributed by atoms with Gasteiger partial charge < -0.3 is 15.5 Å². The minimum Gasteiger partial charge on any atom is -0.418 e. The van der Waals surface area contributed by atoms with Gasteiger partial charge >= 0.3 is 0 Å². The molecule has 0 aromatic rings. The summed E-state index contributed by atoms with van der Waals surface area (Å²) in [5.41, 5.74) is 5.39. The molecule has 0 aliphatic rings. The van der Waals surface area contributed by atoms with Crippen molar-refractivity contribution in [2.24, 2.45) is 11.7 Å². The van der Waals surface area contributed by atoms with Gasteiger partial charge in [-0.1, -0.05) is 39.5 Å². The number of nitrogens with one attached hydrogen (secondary N) is 1. The Hall–Kier alpha value is 0.314. The molecule has 0 aromatic carbocycles. The van der Waals surface area contributed by atoms with Gasteiger partial charge in [-0.15, -0.1) is 0 Å². The molecule has 3 nitrogen and oxygen atoms in total. The van der Waals surface area contributed by atoms with E-state index in [2.05, 4.69) is 58.4 Å². The van der Waals surface area contributed by atoms with Gasteiger partial charge in [-0.25, -0.2) is 0 Å². The standard InChI is InChI=1S/C10H26N2OSi.C5H14Si/c1-10(9-12-7-6-11)5-8-13-14(2,3)4;1-5-6(2,3)4/h10,12H,5-9,11H2,1-4H3;5H2,1-4H3. The molecular formula is C15H40N2OSi2. The smallest absolute Gasteiger partial charge is 0.183 e. The molecule has 0 bridgehead atoms. The van der Waals surface area contributed by atoms with Gasteiger partial charge in [-0.3, -0.25) is 0 Å². The third-order valence-corrected chi connectivity index (χ3v) is 6.21. The Balaban J connectivity index is 0. The number of hydrogen-bond acceptors (Lipinski definition) is 3. The summed E-state index contributed by atoms with van der Waals surface area (Å²) in [7, 11) is -1.93. The van der Waals surface area contributed by atoms with Crippen molar-refractivity contribution in [1.82, 2.24) is 5.32 Å². The summed E-state index contributed by atoms with van der Waals surface area (Å²) in [5, 5.41) is 3.31. The molecule has 0 aliphatic heterocycles. The van der Waals surface area contributed by atoms with Crippen molar-refractivity contribution in [3.63, 3.8) is 0 Å². The van der Waals surface area contributed by atoms with Crippen LogP contribution >= 0.6 is 0 Å². The highest BCUT2D eigenvalue weighted by molar-refractivity contribution is 6.76. The van der Waals surface area contributed by atoms with E-state index in [4.69, 9.17) is 10.2 Å². The maximum atomic E-state index is 5.79. The van der Waals surface area contributed by atoms with E-state index in [1.807, 2.05) is 0 Å². The van der Waals surface area contributed by atoms with Gasteiger partial charge in [-0.05, 0) is 38.5 Å². The lowest BCUT2D eigenvalue weighted by atomic mass is 10.1.